The number of aromatic nitrogens is 1. The first kappa shape index (κ1) is 15.4. The summed E-state index contributed by atoms with van der Waals surface area (Å²) in [6.45, 7) is 2.08. The van der Waals surface area contributed by atoms with Gasteiger partial charge in [0, 0.05) is 33.1 Å². The number of hydrogen-bond acceptors (Lipinski definition) is 6. The van der Waals surface area contributed by atoms with Crippen LogP contribution in [0.15, 0.2) is 6.20 Å². The molecule has 2 rings (SSSR count). The molecule has 0 aromatic carbocycles. The molecule has 0 bridgehead atoms. The molecule has 1 fully saturated rings. The lowest BCUT2D eigenvalue weighted by Crippen LogP contribution is -2.40. The first-order valence-corrected chi connectivity index (χ1v) is 8.57. The second-order valence-corrected chi connectivity index (χ2v) is 7.95. The minimum Gasteiger partial charge on any atom is -0.271 e. The normalized spacial score (nSPS) is 26.4. The van der Waals surface area contributed by atoms with Gasteiger partial charge in [-0.05, 0) is 0 Å². The molecular formula is C10H14F3N3S3. The van der Waals surface area contributed by atoms with Crippen LogP contribution in [0.2, 0.25) is 0 Å². The predicted octanol–water partition coefficient (Wildman–Crippen LogP) is 2.90. The summed E-state index contributed by atoms with van der Waals surface area (Å²) < 4.78 is 37.7. The number of nitrogens with two attached hydrogens (primary N) is 1. The summed E-state index contributed by atoms with van der Waals surface area (Å²) in [4.78, 5) is 4.00. The topological polar surface area (TPSA) is 50.9 Å². The molecule has 1 aliphatic heterocycles. The maximum absolute atomic E-state index is 12.6. The van der Waals surface area contributed by atoms with Gasteiger partial charge in [0.25, 0.3) is 0 Å². The van der Waals surface area contributed by atoms with Crippen LogP contribution in [0, 0.1) is 0 Å². The van der Waals surface area contributed by atoms with Crippen molar-refractivity contribution in [3.63, 3.8) is 0 Å². The molecule has 3 atom stereocenters. The Morgan fingerprint density at radius 2 is 2.11 bits per heavy atom. The molecule has 0 radical (unpaired) electrons. The van der Waals surface area contributed by atoms with Gasteiger partial charge in [-0.3, -0.25) is 11.3 Å². The summed E-state index contributed by atoms with van der Waals surface area (Å²) in [7, 11) is 0. The first-order valence-electron chi connectivity index (χ1n) is 5.65. The Morgan fingerprint density at radius 3 is 2.63 bits per heavy atom. The van der Waals surface area contributed by atoms with Crippen molar-refractivity contribution in [1.82, 2.24) is 10.4 Å². The maximum atomic E-state index is 12.6. The Bertz CT molecular complexity index is 424. The molecule has 0 amide bonds. The Kier molecular flexibility index (Phi) is 5.04. The molecule has 3 unspecified atom stereocenters. The fraction of sp³-hybridized carbons (Fsp3) is 0.700. The molecule has 1 saturated heterocycles. The molecular weight excluding hydrogens is 315 g/mol. The van der Waals surface area contributed by atoms with Gasteiger partial charge in [0.1, 0.15) is 0 Å². The lowest BCUT2D eigenvalue weighted by Gasteiger charge is -2.33. The first-order chi connectivity index (χ1) is 8.93. The molecule has 1 aliphatic rings. The third-order valence-electron chi connectivity index (χ3n) is 2.82. The van der Waals surface area contributed by atoms with Crippen LogP contribution in [-0.2, 0) is 6.18 Å². The Labute approximate surface area is 121 Å². The monoisotopic (exact) mass is 329 g/mol. The second kappa shape index (κ2) is 6.21. The number of nitrogens with zero attached hydrogens (tertiary/aromatic N) is 1. The minimum atomic E-state index is -4.39. The van der Waals surface area contributed by atoms with E-state index in [0.29, 0.717) is 21.5 Å². The highest BCUT2D eigenvalue weighted by atomic mass is 32.2. The van der Waals surface area contributed by atoms with Crippen molar-refractivity contribution >= 4 is 34.9 Å². The van der Waals surface area contributed by atoms with Crippen molar-refractivity contribution < 1.29 is 13.2 Å². The quantitative estimate of drug-likeness (QED) is 0.660. The summed E-state index contributed by atoms with van der Waals surface area (Å²) in [6.07, 6.45) is -3.10. The SMILES string of the molecule is CC1SCCSC1C(NN)c1cnc(C(F)(F)F)s1. The summed E-state index contributed by atoms with van der Waals surface area (Å²) >= 11 is 4.24. The van der Waals surface area contributed by atoms with Gasteiger partial charge in [-0.15, -0.1) is 11.3 Å². The number of halogens is 3. The third-order valence-corrected chi connectivity index (χ3v) is 7.14. The van der Waals surface area contributed by atoms with Crippen LogP contribution in [0.4, 0.5) is 13.2 Å². The highest BCUT2D eigenvalue weighted by molar-refractivity contribution is 8.07. The van der Waals surface area contributed by atoms with E-state index in [1.165, 1.54) is 6.20 Å². The van der Waals surface area contributed by atoms with E-state index < -0.39 is 11.2 Å². The van der Waals surface area contributed by atoms with E-state index in [0.717, 1.165) is 11.5 Å². The predicted molar refractivity (Wildman–Crippen MR) is 75.3 cm³/mol. The van der Waals surface area contributed by atoms with E-state index in [2.05, 4.69) is 17.3 Å². The van der Waals surface area contributed by atoms with E-state index in [9.17, 15) is 13.2 Å². The van der Waals surface area contributed by atoms with E-state index in [-0.39, 0.29) is 11.3 Å². The number of thioether (sulfide) groups is 2. The average molecular weight is 329 g/mol. The summed E-state index contributed by atoms with van der Waals surface area (Å²) in [5.41, 5.74) is 2.65. The van der Waals surface area contributed by atoms with Gasteiger partial charge in [0.15, 0.2) is 5.01 Å². The molecule has 19 heavy (non-hydrogen) atoms. The molecule has 3 nitrogen and oxygen atoms in total. The molecule has 3 N–H and O–H groups in total. The maximum Gasteiger partial charge on any atom is 0.443 e. The molecule has 108 valence electrons. The zero-order valence-electron chi connectivity index (χ0n) is 10.1. The van der Waals surface area contributed by atoms with Crippen molar-refractivity contribution in [3.05, 3.63) is 16.1 Å². The van der Waals surface area contributed by atoms with Crippen LogP contribution >= 0.6 is 34.9 Å². The van der Waals surface area contributed by atoms with Gasteiger partial charge in [-0.1, -0.05) is 6.92 Å². The Balaban J connectivity index is 2.19. The van der Waals surface area contributed by atoms with Gasteiger partial charge in [0.05, 0.1) is 6.04 Å². The lowest BCUT2D eigenvalue weighted by molar-refractivity contribution is -0.137. The van der Waals surface area contributed by atoms with Crippen LogP contribution in [-0.4, -0.2) is 27.0 Å². The van der Waals surface area contributed by atoms with E-state index in [4.69, 9.17) is 5.84 Å². The van der Waals surface area contributed by atoms with Gasteiger partial charge in [-0.2, -0.15) is 36.7 Å². The number of alkyl halides is 3. The molecule has 9 heteroatoms. The number of rotatable bonds is 3. The van der Waals surface area contributed by atoms with E-state index in [1.807, 2.05) is 11.8 Å². The zero-order valence-corrected chi connectivity index (χ0v) is 12.6. The standard InChI is InChI=1S/C10H14F3N3S3/c1-5-8(18-3-2-17-5)7(16-14)6-4-15-9(19-6)10(11,12)13/h4-5,7-8,16H,2-3,14H2,1H3. The van der Waals surface area contributed by atoms with Crippen LogP contribution < -0.4 is 11.3 Å². The van der Waals surface area contributed by atoms with Crippen molar-refractivity contribution in [2.45, 2.75) is 29.6 Å². The minimum absolute atomic E-state index is 0.158. The summed E-state index contributed by atoms with van der Waals surface area (Å²) in [5.74, 6) is 7.60. The highest BCUT2D eigenvalue weighted by Gasteiger charge is 2.37. The second-order valence-electron chi connectivity index (χ2n) is 4.12. The summed E-state index contributed by atoms with van der Waals surface area (Å²) in [6, 6.07) is -0.290. The van der Waals surface area contributed by atoms with Crippen molar-refractivity contribution in [3.8, 4) is 0 Å². The molecule has 0 spiro atoms. The van der Waals surface area contributed by atoms with Gasteiger partial charge in [-0.25, -0.2) is 4.98 Å². The number of nitrogens with one attached hydrogen (secondary N) is 1. The molecule has 0 aliphatic carbocycles. The van der Waals surface area contributed by atoms with Crippen LogP contribution in [0.3, 0.4) is 0 Å². The largest absolute Gasteiger partial charge is 0.443 e. The number of thiazole rings is 1. The summed E-state index contributed by atoms with van der Waals surface area (Å²) in [5, 5.41) is -0.314. The third kappa shape index (κ3) is 3.57. The smallest absolute Gasteiger partial charge is 0.271 e. The Hall–Kier alpha value is 0.0400. The van der Waals surface area contributed by atoms with Crippen molar-refractivity contribution in [1.29, 1.82) is 0 Å². The van der Waals surface area contributed by atoms with Crippen LogP contribution in [0.5, 0.6) is 0 Å². The van der Waals surface area contributed by atoms with Crippen molar-refractivity contribution in [2.75, 3.05) is 11.5 Å². The molecule has 1 aromatic heterocycles. The number of hydrazine groups is 1. The Morgan fingerprint density at radius 1 is 1.42 bits per heavy atom. The zero-order chi connectivity index (χ0) is 14.0. The van der Waals surface area contributed by atoms with Gasteiger partial charge < -0.3 is 0 Å². The van der Waals surface area contributed by atoms with Crippen molar-refractivity contribution in [2.24, 2.45) is 5.84 Å². The molecule has 0 saturated carbocycles. The van der Waals surface area contributed by atoms with E-state index >= 15 is 0 Å². The fourth-order valence-corrected chi connectivity index (χ4v) is 5.81. The number of hydrogen-bond donors (Lipinski definition) is 2. The lowest BCUT2D eigenvalue weighted by atomic mass is 10.1. The highest BCUT2D eigenvalue weighted by Crippen LogP contribution is 2.41. The molecule has 1 aromatic rings. The van der Waals surface area contributed by atoms with E-state index in [1.54, 1.807) is 11.8 Å². The fourth-order valence-electron chi connectivity index (χ4n) is 1.92. The molecule has 2 heterocycles. The average Bonchev–Trinajstić information content (AvgIpc) is 2.82. The van der Waals surface area contributed by atoms with Crippen LogP contribution in [0.1, 0.15) is 22.9 Å². The van der Waals surface area contributed by atoms with Crippen LogP contribution in [0.25, 0.3) is 0 Å². The van der Waals surface area contributed by atoms with Gasteiger partial charge in [0.2, 0.25) is 0 Å². The van der Waals surface area contributed by atoms with Gasteiger partial charge >= 0.3 is 6.18 Å².